The summed E-state index contributed by atoms with van der Waals surface area (Å²) in [7, 11) is 0. The average Bonchev–Trinajstić information content (AvgIpc) is 2.78. The zero-order valence-electron chi connectivity index (χ0n) is 17.3. The Kier molecular flexibility index (Phi) is 7.88. The van der Waals surface area contributed by atoms with Gasteiger partial charge in [0.1, 0.15) is 5.82 Å². The summed E-state index contributed by atoms with van der Waals surface area (Å²) in [5, 5.41) is 0.777. The zero-order valence-corrected chi connectivity index (χ0v) is 18.8. The highest BCUT2D eigenvalue weighted by Crippen LogP contribution is 2.24. The van der Waals surface area contributed by atoms with Crippen LogP contribution in [0, 0.1) is 5.82 Å². The number of ketones is 1. The van der Waals surface area contributed by atoms with E-state index in [-0.39, 0.29) is 18.3 Å². The Labute approximate surface area is 195 Å². The van der Waals surface area contributed by atoms with Crippen LogP contribution in [0.5, 0.6) is 0 Å². The second-order valence-electron chi connectivity index (χ2n) is 7.20. The summed E-state index contributed by atoms with van der Waals surface area (Å²) in [5.74, 6) is -1.66. The fraction of sp³-hybridized carbons (Fsp3) is 0.261. The van der Waals surface area contributed by atoms with Gasteiger partial charge < -0.3 is 14.5 Å². The van der Waals surface area contributed by atoms with Gasteiger partial charge in [-0.05, 0) is 48.9 Å². The molecule has 0 saturated carbocycles. The van der Waals surface area contributed by atoms with Crippen LogP contribution in [0.3, 0.4) is 0 Å². The quantitative estimate of drug-likeness (QED) is 0.352. The summed E-state index contributed by atoms with van der Waals surface area (Å²) in [5.41, 5.74) is 1.37. The predicted molar refractivity (Wildman–Crippen MR) is 122 cm³/mol. The van der Waals surface area contributed by atoms with Crippen LogP contribution in [0.2, 0.25) is 10.0 Å². The van der Waals surface area contributed by atoms with Crippen molar-refractivity contribution in [3.63, 3.8) is 0 Å². The van der Waals surface area contributed by atoms with E-state index in [9.17, 15) is 18.8 Å². The van der Waals surface area contributed by atoms with Crippen molar-refractivity contribution in [2.24, 2.45) is 0 Å². The van der Waals surface area contributed by atoms with E-state index >= 15 is 0 Å². The molecule has 2 aromatic rings. The van der Waals surface area contributed by atoms with Crippen molar-refractivity contribution < 1.29 is 23.5 Å². The van der Waals surface area contributed by atoms with E-state index in [4.69, 9.17) is 27.9 Å². The van der Waals surface area contributed by atoms with E-state index in [1.807, 2.05) is 4.90 Å². The van der Waals surface area contributed by atoms with Crippen LogP contribution in [0.15, 0.2) is 42.5 Å². The van der Waals surface area contributed by atoms with Crippen molar-refractivity contribution in [2.45, 2.75) is 6.92 Å². The normalized spacial score (nSPS) is 14.0. The van der Waals surface area contributed by atoms with Gasteiger partial charge in [-0.25, -0.2) is 9.18 Å². The molecule has 0 radical (unpaired) electrons. The Bertz CT molecular complexity index is 1070. The van der Waals surface area contributed by atoms with Gasteiger partial charge in [-0.1, -0.05) is 29.3 Å². The van der Waals surface area contributed by atoms with Crippen LogP contribution in [-0.2, 0) is 14.3 Å². The molecule has 1 aliphatic heterocycles. The molecule has 0 bridgehead atoms. The fourth-order valence-electron chi connectivity index (χ4n) is 3.23. The van der Waals surface area contributed by atoms with Gasteiger partial charge >= 0.3 is 5.97 Å². The van der Waals surface area contributed by atoms with Crippen molar-refractivity contribution in [1.29, 1.82) is 0 Å². The maximum atomic E-state index is 14.3. The number of halogens is 3. The molecule has 32 heavy (non-hydrogen) atoms. The van der Waals surface area contributed by atoms with E-state index in [2.05, 4.69) is 0 Å². The first-order chi connectivity index (χ1) is 15.2. The van der Waals surface area contributed by atoms with Gasteiger partial charge in [0.2, 0.25) is 0 Å². The molecule has 1 fully saturated rings. The molecule has 6 nitrogen and oxygen atoms in total. The number of benzene rings is 2. The number of carbonyl (C=O) groups excluding carboxylic acids is 3. The van der Waals surface area contributed by atoms with Crippen molar-refractivity contribution in [3.05, 3.63) is 69.5 Å². The van der Waals surface area contributed by atoms with Gasteiger partial charge in [-0.15, -0.1) is 0 Å². The molecule has 0 spiro atoms. The number of piperazine rings is 1. The molecular weight excluding hydrogens is 458 g/mol. The van der Waals surface area contributed by atoms with Crippen LogP contribution < -0.4 is 4.90 Å². The van der Waals surface area contributed by atoms with Gasteiger partial charge in [0.05, 0.1) is 15.7 Å². The first-order valence-corrected chi connectivity index (χ1v) is 10.6. The van der Waals surface area contributed by atoms with Gasteiger partial charge in [0.25, 0.3) is 5.91 Å². The number of amides is 1. The maximum absolute atomic E-state index is 14.3. The van der Waals surface area contributed by atoms with Gasteiger partial charge in [-0.2, -0.15) is 0 Å². The Morgan fingerprint density at radius 1 is 1.03 bits per heavy atom. The van der Waals surface area contributed by atoms with E-state index in [0.717, 1.165) is 0 Å². The third-order valence-corrected chi connectivity index (χ3v) is 5.76. The Balaban J connectivity index is 1.47. The molecule has 9 heteroatoms. The highest BCUT2D eigenvalue weighted by molar-refractivity contribution is 6.42. The van der Waals surface area contributed by atoms with Crippen molar-refractivity contribution in [2.75, 3.05) is 37.7 Å². The SMILES string of the molecule is CC(=O)c1ccc(N2CCN(C(=O)COC(=O)/C=C/c3ccc(Cl)c(Cl)c3)CC2)c(F)c1. The summed E-state index contributed by atoms with van der Waals surface area (Å²) >= 11 is 11.8. The molecule has 0 atom stereocenters. The number of anilines is 1. The molecule has 0 N–H and O–H groups in total. The topological polar surface area (TPSA) is 66.9 Å². The smallest absolute Gasteiger partial charge is 0.331 e. The molecule has 1 saturated heterocycles. The first-order valence-electron chi connectivity index (χ1n) is 9.87. The van der Waals surface area contributed by atoms with Gasteiger partial charge in [-0.3, -0.25) is 9.59 Å². The molecule has 0 aromatic heterocycles. The maximum Gasteiger partial charge on any atom is 0.331 e. The van der Waals surface area contributed by atoms with Gasteiger partial charge in [0, 0.05) is 37.8 Å². The van der Waals surface area contributed by atoms with Crippen LogP contribution in [-0.4, -0.2) is 55.3 Å². The number of rotatable bonds is 6. The van der Waals surface area contributed by atoms with Crippen LogP contribution in [0.4, 0.5) is 10.1 Å². The molecular formula is C23H21Cl2FN2O4. The number of carbonyl (C=O) groups is 3. The molecule has 1 heterocycles. The van der Waals surface area contributed by atoms with E-state index in [1.165, 1.54) is 25.1 Å². The molecule has 1 aliphatic rings. The fourth-order valence-corrected chi connectivity index (χ4v) is 3.54. The minimum atomic E-state index is -0.657. The van der Waals surface area contributed by atoms with Crippen molar-refractivity contribution >= 4 is 52.6 Å². The third-order valence-electron chi connectivity index (χ3n) is 5.02. The van der Waals surface area contributed by atoms with Crippen LogP contribution in [0.1, 0.15) is 22.8 Å². The van der Waals surface area contributed by atoms with E-state index < -0.39 is 11.8 Å². The summed E-state index contributed by atoms with van der Waals surface area (Å²) in [4.78, 5) is 39.0. The molecule has 1 amide bonds. The molecule has 3 rings (SSSR count). The second kappa shape index (κ2) is 10.6. The molecule has 168 valence electrons. The van der Waals surface area contributed by atoms with E-state index in [1.54, 1.807) is 35.2 Å². The lowest BCUT2D eigenvalue weighted by atomic mass is 10.1. The number of Topliss-reactive ketones (excluding diaryl/α,β-unsaturated/α-hetero) is 1. The van der Waals surface area contributed by atoms with Crippen LogP contribution >= 0.6 is 23.2 Å². The lowest BCUT2D eigenvalue weighted by Crippen LogP contribution is -2.50. The zero-order chi connectivity index (χ0) is 23.3. The lowest BCUT2D eigenvalue weighted by molar-refractivity contribution is -0.148. The predicted octanol–water partition coefficient (Wildman–Crippen LogP) is 4.24. The highest BCUT2D eigenvalue weighted by atomic mass is 35.5. The largest absolute Gasteiger partial charge is 0.452 e. The minimum Gasteiger partial charge on any atom is -0.452 e. The minimum absolute atomic E-state index is 0.202. The van der Waals surface area contributed by atoms with E-state index in [0.29, 0.717) is 53.0 Å². The summed E-state index contributed by atoms with van der Waals surface area (Å²) in [6.07, 6.45) is 2.72. The lowest BCUT2D eigenvalue weighted by Gasteiger charge is -2.36. The number of ether oxygens (including phenoxy) is 1. The highest BCUT2D eigenvalue weighted by Gasteiger charge is 2.23. The molecule has 2 aromatic carbocycles. The van der Waals surface area contributed by atoms with Crippen molar-refractivity contribution in [1.82, 2.24) is 4.90 Å². The number of hydrogen-bond acceptors (Lipinski definition) is 5. The third kappa shape index (κ3) is 6.08. The average molecular weight is 479 g/mol. The molecule has 0 unspecified atom stereocenters. The number of hydrogen-bond donors (Lipinski definition) is 0. The van der Waals surface area contributed by atoms with Crippen molar-refractivity contribution in [3.8, 4) is 0 Å². The monoisotopic (exact) mass is 478 g/mol. The Morgan fingerprint density at radius 2 is 1.75 bits per heavy atom. The standard InChI is InChI=1S/C23H21Cl2FN2O4/c1-15(29)17-4-6-21(20(26)13-17)27-8-10-28(11-9-27)22(30)14-32-23(31)7-3-16-2-5-18(24)19(25)12-16/h2-7,12-13H,8-11,14H2,1H3/b7-3+. The summed E-state index contributed by atoms with van der Waals surface area (Å²) in [6.45, 7) is 2.58. The van der Waals surface area contributed by atoms with Crippen LogP contribution in [0.25, 0.3) is 6.08 Å². The Hall–Kier alpha value is -2.90. The number of esters is 1. The second-order valence-corrected chi connectivity index (χ2v) is 8.02. The summed E-state index contributed by atoms with van der Waals surface area (Å²) in [6, 6.07) is 9.30. The number of nitrogens with zero attached hydrogens (tertiary/aromatic N) is 2. The first kappa shape index (κ1) is 23.8. The summed E-state index contributed by atoms with van der Waals surface area (Å²) < 4.78 is 19.4. The van der Waals surface area contributed by atoms with Gasteiger partial charge in [0.15, 0.2) is 12.4 Å². The Morgan fingerprint density at radius 3 is 2.38 bits per heavy atom. The molecule has 0 aliphatic carbocycles.